The average molecular weight is 486 g/mol. The number of ether oxygens (including phenoxy) is 4. The molecule has 2 heterocycles. The molecular weight excluding hydrogens is 454 g/mol. The number of aromatic nitrogens is 1. The average Bonchev–Trinajstić information content (AvgIpc) is 3.23. The van der Waals surface area contributed by atoms with E-state index in [0.29, 0.717) is 47.8 Å². The van der Waals surface area contributed by atoms with Gasteiger partial charge < -0.3 is 18.9 Å². The van der Waals surface area contributed by atoms with Crippen molar-refractivity contribution in [1.29, 1.82) is 0 Å². The van der Waals surface area contributed by atoms with E-state index in [4.69, 9.17) is 18.9 Å². The number of nitrogens with zero attached hydrogens (tertiary/aromatic N) is 2. The molecule has 34 heavy (non-hydrogen) atoms. The molecule has 1 aromatic heterocycles. The van der Waals surface area contributed by atoms with Gasteiger partial charge in [-0.3, -0.25) is 15.0 Å². The van der Waals surface area contributed by atoms with Crippen LogP contribution < -0.4 is 19.5 Å². The first-order valence-electron chi connectivity index (χ1n) is 11.7. The molecule has 1 aliphatic heterocycles. The zero-order valence-electron chi connectivity index (χ0n) is 19.9. The van der Waals surface area contributed by atoms with Crippen LogP contribution in [0.5, 0.6) is 17.2 Å². The number of carbonyl (C=O) groups is 1. The van der Waals surface area contributed by atoms with Gasteiger partial charge in [-0.15, -0.1) is 0 Å². The summed E-state index contributed by atoms with van der Waals surface area (Å²) in [6, 6.07) is 9.61. The predicted molar refractivity (Wildman–Crippen MR) is 134 cm³/mol. The number of rotatable bonds is 10. The molecule has 2 aromatic carbocycles. The molecule has 0 radical (unpaired) electrons. The quantitative estimate of drug-likeness (QED) is 0.450. The second kappa shape index (κ2) is 11.5. The van der Waals surface area contributed by atoms with Crippen molar-refractivity contribution in [2.75, 3.05) is 51.4 Å². The summed E-state index contributed by atoms with van der Waals surface area (Å²) < 4.78 is 23.7. The van der Waals surface area contributed by atoms with E-state index >= 15 is 0 Å². The van der Waals surface area contributed by atoms with Crippen molar-refractivity contribution in [1.82, 2.24) is 9.88 Å². The highest BCUT2D eigenvalue weighted by Crippen LogP contribution is 2.39. The summed E-state index contributed by atoms with van der Waals surface area (Å²) >= 11 is 1.46. The van der Waals surface area contributed by atoms with Crippen LogP contribution in [-0.4, -0.2) is 61.9 Å². The lowest BCUT2D eigenvalue weighted by Crippen LogP contribution is -2.35. The highest BCUT2D eigenvalue weighted by molar-refractivity contribution is 7.22. The number of anilines is 1. The fourth-order valence-electron chi connectivity index (χ4n) is 3.83. The standard InChI is InChI=1S/C25H31N3O5S/c1-4-31-20-14-18(15-21(32-5-2)23(20)33-6-3)24(29)27-25-26-19-8-7-17(13-22(19)34-25)16-28-9-11-30-12-10-28/h7-8,13-15H,4-6,9-12,16H2,1-3H3,(H,26,27,29). The number of carbonyl (C=O) groups excluding carboxylic acids is 1. The van der Waals surface area contributed by atoms with Gasteiger partial charge in [-0.2, -0.15) is 0 Å². The first-order valence-corrected chi connectivity index (χ1v) is 12.5. The van der Waals surface area contributed by atoms with Gasteiger partial charge in [0.1, 0.15) is 0 Å². The van der Waals surface area contributed by atoms with Crippen LogP contribution in [0.4, 0.5) is 5.13 Å². The molecule has 9 heteroatoms. The zero-order chi connectivity index (χ0) is 23.9. The molecule has 8 nitrogen and oxygen atoms in total. The lowest BCUT2D eigenvalue weighted by atomic mass is 10.1. The third-order valence-electron chi connectivity index (χ3n) is 5.35. The Kier molecular flexibility index (Phi) is 8.21. The molecule has 3 aromatic rings. The van der Waals surface area contributed by atoms with E-state index in [2.05, 4.69) is 27.3 Å². The number of hydrogen-bond donors (Lipinski definition) is 1. The second-order valence-corrected chi connectivity index (χ2v) is 8.80. The first-order chi connectivity index (χ1) is 16.6. The van der Waals surface area contributed by atoms with Crippen LogP contribution in [0.2, 0.25) is 0 Å². The van der Waals surface area contributed by atoms with Crippen LogP contribution in [0.15, 0.2) is 30.3 Å². The van der Waals surface area contributed by atoms with Crippen LogP contribution >= 0.6 is 11.3 Å². The van der Waals surface area contributed by atoms with Gasteiger partial charge in [-0.25, -0.2) is 4.98 Å². The van der Waals surface area contributed by atoms with Crippen molar-refractivity contribution in [3.63, 3.8) is 0 Å². The minimum absolute atomic E-state index is 0.280. The van der Waals surface area contributed by atoms with E-state index in [0.717, 1.165) is 43.1 Å². The van der Waals surface area contributed by atoms with Crippen LogP contribution in [0.25, 0.3) is 10.2 Å². The van der Waals surface area contributed by atoms with Gasteiger partial charge in [0.25, 0.3) is 5.91 Å². The monoisotopic (exact) mass is 485 g/mol. The highest BCUT2D eigenvalue weighted by Gasteiger charge is 2.19. The maximum Gasteiger partial charge on any atom is 0.257 e. The summed E-state index contributed by atoms with van der Waals surface area (Å²) in [5.41, 5.74) is 2.51. The van der Waals surface area contributed by atoms with Gasteiger partial charge in [0.05, 0.1) is 43.3 Å². The molecule has 0 aliphatic carbocycles. The fourth-order valence-corrected chi connectivity index (χ4v) is 4.75. The Balaban J connectivity index is 1.53. The summed E-state index contributed by atoms with van der Waals surface area (Å²) in [5.74, 6) is 1.20. The lowest BCUT2D eigenvalue weighted by Gasteiger charge is -2.26. The molecule has 4 rings (SSSR count). The van der Waals surface area contributed by atoms with Crippen molar-refractivity contribution in [2.45, 2.75) is 27.3 Å². The summed E-state index contributed by atoms with van der Waals surface area (Å²) in [6.45, 7) is 11.3. The Morgan fingerprint density at radius 1 is 1.03 bits per heavy atom. The highest BCUT2D eigenvalue weighted by atomic mass is 32.1. The minimum Gasteiger partial charge on any atom is -0.490 e. The summed E-state index contributed by atoms with van der Waals surface area (Å²) in [5, 5.41) is 3.48. The van der Waals surface area contributed by atoms with E-state index in [1.807, 2.05) is 26.8 Å². The molecule has 1 N–H and O–H groups in total. The van der Waals surface area contributed by atoms with Crippen molar-refractivity contribution < 1.29 is 23.7 Å². The van der Waals surface area contributed by atoms with E-state index in [9.17, 15) is 4.79 Å². The molecule has 0 spiro atoms. The van der Waals surface area contributed by atoms with Crippen molar-refractivity contribution in [3.8, 4) is 17.2 Å². The van der Waals surface area contributed by atoms with Gasteiger partial charge in [-0.1, -0.05) is 17.4 Å². The maximum absolute atomic E-state index is 13.1. The molecule has 1 aliphatic rings. The first kappa shape index (κ1) is 24.3. The molecule has 1 amide bonds. The molecule has 1 saturated heterocycles. The fraction of sp³-hybridized carbons (Fsp3) is 0.440. The normalized spacial score (nSPS) is 14.2. The molecule has 0 unspecified atom stereocenters. The van der Waals surface area contributed by atoms with Gasteiger partial charge >= 0.3 is 0 Å². The van der Waals surface area contributed by atoms with Gasteiger partial charge in [-0.05, 0) is 50.6 Å². The molecule has 182 valence electrons. The number of amides is 1. The molecule has 0 atom stereocenters. The van der Waals surface area contributed by atoms with Crippen LogP contribution in [0, 0.1) is 0 Å². The Morgan fingerprint density at radius 3 is 2.35 bits per heavy atom. The van der Waals surface area contributed by atoms with Gasteiger partial charge in [0.2, 0.25) is 5.75 Å². The molecule has 1 fully saturated rings. The minimum atomic E-state index is -0.280. The van der Waals surface area contributed by atoms with E-state index < -0.39 is 0 Å². The number of thiazole rings is 1. The number of fused-ring (bicyclic) bond motifs is 1. The van der Waals surface area contributed by atoms with Crippen molar-refractivity contribution in [2.24, 2.45) is 0 Å². The third kappa shape index (κ3) is 5.78. The Bertz CT molecular complexity index is 1100. The van der Waals surface area contributed by atoms with E-state index in [-0.39, 0.29) is 5.91 Å². The maximum atomic E-state index is 13.1. The topological polar surface area (TPSA) is 82.2 Å². The number of benzene rings is 2. The number of hydrogen-bond acceptors (Lipinski definition) is 8. The van der Waals surface area contributed by atoms with Gasteiger partial charge in [0, 0.05) is 25.2 Å². The van der Waals surface area contributed by atoms with Crippen LogP contribution in [-0.2, 0) is 11.3 Å². The Hall–Kier alpha value is -2.88. The largest absolute Gasteiger partial charge is 0.490 e. The van der Waals surface area contributed by atoms with Gasteiger partial charge in [0.15, 0.2) is 16.6 Å². The number of nitrogens with one attached hydrogen (secondary N) is 1. The van der Waals surface area contributed by atoms with E-state index in [1.54, 1.807) is 12.1 Å². The summed E-state index contributed by atoms with van der Waals surface area (Å²) in [7, 11) is 0. The second-order valence-electron chi connectivity index (χ2n) is 7.76. The van der Waals surface area contributed by atoms with Crippen LogP contribution in [0.3, 0.4) is 0 Å². The predicted octanol–water partition coefficient (Wildman–Crippen LogP) is 4.58. The smallest absolute Gasteiger partial charge is 0.257 e. The molecular formula is C25H31N3O5S. The summed E-state index contributed by atoms with van der Waals surface area (Å²) in [4.78, 5) is 20.1. The van der Waals surface area contributed by atoms with Crippen LogP contribution in [0.1, 0.15) is 36.7 Å². The Labute approximate surface area is 203 Å². The zero-order valence-corrected chi connectivity index (χ0v) is 20.7. The SMILES string of the molecule is CCOc1cc(C(=O)Nc2nc3ccc(CN4CCOCC4)cc3s2)cc(OCC)c1OCC. The number of morpholine rings is 1. The lowest BCUT2D eigenvalue weighted by molar-refractivity contribution is 0.0342. The molecule has 0 saturated carbocycles. The summed E-state index contributed by atoms with van der Waals surface area (Å²) in [6.07, 6.45) is 0. The van der Waals surface area contributed by atoms with Crippen molar-refractivity contribution >= 4 is 32.6 Å². The Morgan fingerprint density at radius 2 is 1.71 bits per heavy atom. The van der Waals surface area contributed by atoms with Crippen molar-refractivity contribution in [3.05, 3.63) is 41.5 Å². The molecule has 0 bridgehead atoms. The third-order valence-corrected chi connectivity index (χ3v) is 6.29. The van der Waals surface area contributed by atoms with E-state index in [1.165, 1.54) is 16.9 Å².